The molecular weight excluding hydrogens is 214 g/mol. The van der Waals surface area contributed by atoms with Crippen LogP contribution in [-0.4, -0.2) is 20.3 Å². The summed E-state index contributed by atoms with van der Waals surface area (Å²) in [6.45, 7) is 0. The zero-order chi connectivity index (χ0) is 12.3. The fraction of sp³-hybridized carbons (Fsp3) is 0.571. The molecule has 1 saturated carbocycles. The highest BCUT2D eigenvalue weighted by molar-refractivity contribution is 5.42. The molecule has 0 bridgehead atoms. The first-order chi connectivity index (χ1) is 8.20. The summed E-state index contributed by atoms with van der Waals surface area (Å²) < 4.78 is 11.2. The molecule has 0 amide bonds. The second-order valence-corrected chi connectivity index (χ2v) is 4.76. The zero-order valence-corrected chi connectivity index (χ0v) is 10.6. The van der Waals surface area contributed by atoms with Gasteiger partial charge in [-0.3, -0.25) is 0 Å². The summed E-state index contributed by atoms with van der Waals surface area (Å²) >= 11 is 0. The molecule has 1 aliphatic carbocycles. The van der Waals surface area contributed by atoms with E-state index in [2.05, 4.69) is 6.07 Å². The van der Waals surface area contributed by atoms with Gasteiger partial charge in [0.2, 0.25) is 0 Å². The molecule has 1 fully saturated rings. The zero-order valence-electron chi connectivity index (χ0n) is 10.6. The average molecular weight is 235 g/mol. The topological polar surface area (TPSA) is 44.5 Å². The Labute approximate surface area is 103 Å². The largest absolute Gasteiger partial charge is 0.399 e. The van der Waals surface area contributed by atoms with Gasteiger partial charge < -0.3 is 15.2 Å². The summed E-state index contributed by atoms with van der Waals surface area (Å²) in [6, 6.07) is 8.03. The van der Waals surface area contributed by atoms with Gasteiger partial charge in [-0.25, -0.2) is 0 Å². The van der Waals surface area contributed by atoms with Crippen LogP contribution in [0.3, 0.4) is 0 Å². The van der Waals surface area contributed by atoms with Crippen molar-refractivity contribution in [2.24, 2.45) is 0 Å². The van der Waals surface area contributed by atoms with Gasteiger partial charge in [-0.05, 0) is 43.4 Å². The third kappa shape index (κ3) is 2.45. The molecule has 94 valence electrons. The van der Waals surface area contributed by atoms with Crippen LogP contribution in [-0.2, 0) is 15.1 Å². The van der Waals surface area contributed by atoms with Gasteiger partial charge in [0.25, 0.3) is 0 Å². The lowest BCUT2D eigenvalue weighted by Crippen LogP contribution is -2.35. The van der Waals surface area contributed by atoms with Crippen molar-refractivity contribution >= 4 is 5.69 Å². The Morgan fingerprint density at radius 1 is 1.24 bits per heavy atom. The molecule has 1 aliphatic rings. The van der Waals surface area contributed by atoms with Gasteiger partial charge in [0.15, 0.2) is 0 Å². The molecule has 0 aliphatic heterocycles. The van der Waals surface area contributed by atoms with Gasteiger partial charge in [0.05, 0.1) is 11.7 Å². The van der Waals surface area contributed by atoms with Crippen LogP contribution < -0.4 is 5.73 Å². The average Bonchev–Trinajstić information content (AvgIpc) is 2.39. The van der Waals surface area contributed by atoms with Crippen molar-refractivity contribution in [3.63, 3.8) is 0 Å². The van der Waals surface area contributed by atoms with Crippen LogP contribution in [0, 0.1) is 0 Å². The molecule has 0 unspecified atom stereocenters. The number of hydrogen-bond acceptors (Lipinski definition) is 3. The lowest BCUT2D eigenvalue weighted by atomic mass is 9.78. The van der Waals surface area contributed by atoms with Crippen LogP contribution in [0.2, 0.25) is 0 Å². The SMILES string of the molecule is CO[C@H]1CC[C@](OC)(c2cccc(N)c2)CC1. The van der Waals surface area contributed by atoms with Crippen molar-refractivity contribution in [2.45, 2.75) is 37.4 Å². The first kappa shape index (κ1) is 12.4. The van der Waals surface area contributed by atoms with Crippen LogP contribution in [0.4, 0.5) is 5.69 Å². The molecule has 1 aromatic rings. The molecule has 0 radical (unpaired) electrons. The van der Waals surface area contributed by atoms with Crippen LogP contribution in [0.5, 0.6) is 0 Å². The smallest absolute Gasteiger partial charge is 0.0930 e. The number of rotatable bonds is 3. The number of hydrogen-bond donors (Lipinski definition) is 1. The molecule has 0 saturated heterocycles. The second-order valence-electron chi connectivity index (χ2n) is 4.76. The monoisotopic (exact) mass is 235 g/mol. The fourth-order valence-corrected chi connectivity index (χ4v) is 2.73. The Kier molecular flexibility index (Phi) is 3.69. The number of methoxy groups -OCH3 is 2. The maximum Gasteiger partial charge on any atom is 0.0930 e. The van der Waals surface area contributed by atoms with Crippen molar-refractivity contribution in [1.82, 2.24) is 0 Å². The van der Waals surface area contributed by atoms with Gasteiger partial charge in [-0.1, -0.05) is 12.1 Å². The van der Waals surface area contributed by atoms with Crippen molar-refractivity contribution in [1.29, 1.82) is 0 Å². The number of anilines is 1. The number of nitrogen functional groups attached to an aromatic ring is 1. The minimum absolute atomic E-state index is 0.176. The molecule has 3 heteroatoms. The number of ether oxygens (including phenoxy) is 2. The van der Waals surface area contributed by atoms with Crippen LogP contribution in [0.25, 0.3) is 0 Å². The van der Waals surface area contributed by atoms with E-state index in [-0.39, 0.29) is 5.60 Å². The Morgan fingerprint density at radius 2 is 1.94 bits per heavy atom. The summed E-state index contributed by atoms with van der Waals surface area (Å²) in [7, 11) is 3.57. The molecule has 0 aromatic heterocycles. The number of nitrogens with two attached hydrogens (primary N) is 1. The van der Waals surface area contributed by atoms with E-state index in [1.165, 1.54) is 5.56 Å². The minimum atomic E-state index is -0.176. The van der Waals surface area contributed by atoms with Gasteiger partial charge in [-0.15, -0.1) is 0 Å². The van der Waals surface area contributed by atoms with E-state index >= 15 is 0 Å². The predicted octanol–water partition coefficient (Wildman–Crippen LogP) is 2.70. The van der Waals surface area contributed by atoms with Crippen molar-refractivity contribution in [3.8, 4) is 0 Å². The first-order valence-electron chi connectivity index (χ1n) is 6.14. The molecule has 0 spiro atoms. The normalized spacial score (nSPS) is 29.2. The van der Waals surface area contributed by atoms with Crippen molar-refractivity contribution in [3.05, 3.63) is 29.8 Å². The quantitative estimate of drug-likeness (QED) is 0.819. The summed E-state index contributed by atoms with van der Waals surface area (Å²) in [5, 5.41) is 0. The summed E-state index contributed by atoms with van der Waals surface area (Å²) in [6.07, 6.45) is 4.44. The molecule has 0 atom stereocenters. The molecule has 2 rings (SSSR count). The van der Waals surface area contributed by atoms with E-state index < -0.39 is 0 Å². The molecule has 17 heavy (non-hydrogen) atoms. The van der Waals surface area contributed by atoms with Crippen molar-refractivity contribution in [2.75, 3.05) is 20.0 Å². The van der Waals surface area contributed by atoms with Gasteiger partial charge in [0.1, 0.15) is 0 Å². The Morgan fingerprint density at radius 3 is 2.47 bits per heavy atom. The highest BCUT2D eigenvalue weighted by atomic mass is 16.5. The lowest BCUT2D eigenvalue weighted by Gasteiger charge is -2.39. The lowest BCUT2D eigenvalue weighted by molar-refractivity contribution is -0.0761. The Hall–Kier alpha value is -1.06. The first-order valence-corrected chi connectivity index (χ1v) is 6.14. The van der Waals surface area contributed by atoms with Crippen LogP contribution in [0.15, 0.2) is 24.3 Å². The number of benzene rings is 1. The highest BCUT2D eigenvalue weighted by Crippen LogP contribution is 2.41. The maximum atomic E-state index is 5.85. The van der Waals surface area contributed by atoms with Gasteiger partial charge >= 0.3 is 0 Å². The van der Waals surface area contributed by atoms with Gasteiger partial charge in [0, 0.05) is 19.9 Å². The minimum Gasteiger partial charge on any atom is -0.399 e. The third-order valence-electron chi connectivity index (χ3n) is 3.88. The molecule has 2 N–H and O–H groups in total. The second kappa shape index (κ2) is 5.07. The molecule has 1 aromatic carbocycles. The van der Waals surface area contributed by atoms with E-state index in [0.29, 0.717) is 6.10 Å². The van der Waals surface area contributed by atoms with Crippen molar-refractivity contribution < 1.29 is 9.47 Å². The van der Waals surface area contributed by atoms with E-state index in [1.54, 1.807) is 14.2 Å². The maximum absolute atomic E-state index is 5.85. The van der Waals surface area contributed by atoms with E-state index in [1.807, 2.05) is 18.2 Å². The molecule has 0 heterocycles. The standard InChI is InChI=1S/C14H21NO2/c1-16-13-6-8-14(17-2,9-7-13)11-4-3-5-12(15)10-11/h3-5,10,13H,6-9,15H2,1-2H3/t13-,14+. The Bertz CT molecular complexity index is 370. The summed E-state index contributed by atoms with van der Waals surface area (Å²) in [5.41, 5.74) is 7.66. The van der Waals surface area contributed by atoms with Gasteiger partial charge in [-0.2, -0.15) is 0 Å². The highest BCUT2D eigenvalue weighted by Gasteiger charge is 2.37. The predicted molar refractivity (Wildman–Crippen MR) is 68.8 cm³/mol. The summed E-state index contributed by atoms with van der Waals surface area (Å²) in [5.74, 6) is 0. The summed E-state index contributed by atoms with van der Waals surface area (Å²) in [4.78, 5) is 0. The van der Waals surface area contributed by atoms with E-state index in [4.69, 9.17) is 15.2 Å². The fourth-order valence-electron chi connectivity index (χ4n) is 2.73. The van der Waals surface area contributed by atoms with Crippen LogP contribution >= 0.6 is 0 Å². The third-order valence-corrected chi connectivity index (χ3v) is 3.88. The molecular formula is C14H21NO2. The van der Waals surface area contributed by atoms with Crippen LogP contribution in [0.1, 0.15) is 31.2 Å². The van der Waals surface area contributed by atoms with E-state index in [0.717, 1.165) is 31.4 Å². The molecule has 3 nitrogen and oxygen atoms in total. The Balaban J connectivity index is 2.21. The van der Waals surface area contributed by atoms with E-state index in [9.17, 15) is 0 Å².